The number of benzene rings is 2. The van der Waals surface area contributed by atoms with Crippen LogP contribution in [0, 0.1) is 0 Å². The molecule has 0 aliphatic carbocycles. The van der Waals surface area contributed by atoms with E-state index >= 15 is 0 Å². The standard InChI is InChI=1S/C19H12N4O3/c24-19(11-1-4-17-16(7-11)20-10-26-17)21-13-2-3-15-14(8-13)18(23-22-15)12-5-6-25-9-12/h1-10H,(H,21,24)(H,22,23). The van der Waals surface area contributed by atoms with E-state index in [9.17, 15) is 4.79 Å². The molecular formula is C19H12N4O3. The molecule has 2 N–H and O–H groups in total. The van der Waals surface area contributed by atoms with Crippen LogP contribution in [0.25, 0.3) is 33.3 Å². The van der Waals surface area contributed by atoms with Gasteiger partial charge in [0.1, 0.15) is 11.2 Å². The van der Waals surface area contributed by atoms with Crippen LogP contribution in [-0.2, 0) is 0 Å². The van der Waals surface area contributed by atoms with Crippen molar-refractivity contribution in [2.24, 2.45) is 0 Å². The maximum absolute atomic E-state index is 12.6. The van der Waals surface area contributed by atoms with E-state index in [1.807, 2.05) is 24.3 Å². The molecule has 0 saturated carbocycles. The second kappa shape index (κ2) is 5.59. The zero-order valence-electron chi connectivity index (χ0n) is 13.4. The van der Waals surface area contributed by atoms with Gasteiger partial charge in [-0.1, -0.05) is 0 Å². The molecule has 0 spiro atoms. The number of nitrogens with one attached hydrogen (secondary N) is 2. The molecule has 7 nitrogen and oxygen atoms in total. The van der Waals surface area contributed by atoms with Crippen molar-refractivity contribution < 1.29 is 13.6 Å². The molecule has 7 heteroatoms. The van der Waals surface area contributed by atoms with Gasteiger partial charge in [-0.25, -0.2) is 4.98 Å². The summed E-state index contributed by atoms with van der Waals surface area (Å²) in [5.74, 6) is -0.220. The largest absolute Gasteiger partial charge is 0.472 e. The van der Waals surface area contributed by atoms with Crippen LogP contribution in [0.4, 0.5) is 5.69 Å². The van der Waals surface area contributed by atoms with Gasteiger partial charge in [0.2, 0.25) is 0 Å². The van der Waals surface area contributed by atoms with Crippen molar-refractivity contribution in [3.05, 3.63) is 66.9 Å². The van der Waals surface area contributed by atoms with Gasteiger partial charge in [0.25, 0.3) is 5.91 Å². The molecule has 0 fully saturated rings. The second-order valence-electron chi connectivity index (χ2n) is 5.83. The van der Waals surface area contributed by atoms with Crippen molar-refractivity contribution >= 4 is 33.6 Å². The number of carbonyl (C=O) groups is 1. The van der Waals surface area contributed by atoms with Gasteiger partial charge in [0.05, 0.1) is 18.0 Å². The Morgan fingerprint density at radius 3 is 2.96 bits per heavy atom. The molecule has 3 heterocycles. The van der Waals surface area contributed by atoms with Crippen LogP contribution in [0.15, 0.2) is 70.2 Å². The molecule has 0 atom stereocenters. The zero-order chi connectivity index (χ0) is 17.5. The predicted molar refractivity (Wildman–Crippen MR) is 95.8 cm³/mol. The lowest BCUT2D eigenvalue weighted by Gasteiger charge is -2.05. The Balaban J connectivity index is 1.48. The highest BCUT2D eigenvalue weighted by atomic mass is 16.3. The monoisotopic (exact) mass is 344 g/mol. The van der Waals surface area contributed by atoms with Crippen molar-refractivity contribution in [2.45, 2.75) is 0 Å². The van der Waals surface area contributed by atoms with Gasteiger partial charge < -0.3 is 14.2 Å². The van der Waals surface area contributed by atoms with E-state index in [1.165, 1.54) is 6.39 Å². The smallest absolute Gasteiger partial charge is 0.255 e. The number of rotatable bonds is 3. The molecule has 1 amide bonds. The Bertz CT molecular complexity index is 1230. The second-order valence-corrected chi connectivity index (χ2v) is 5.83. The predicted octanol–water partition coefficient (Wildman–Crippen LogP) is 4.22. The Morgan fingerprint density at radius 1 is 1.12 bits per heavy atom. The summed E-state index contributed by atoms with van der Waals surface area (Å²) in [5.41, 5.74) is 4.99. The van der Waals surface area contributed by atoms with Gasteiger partial charge in [-0.15, -0.1) is 0 Å². The first kappa shape index (κ1) is 14.5. The summed E-state index contributed by atoms with van der Waals surface area (Å²) in [6.45, 7) is 0. The van der Waals surface area contributed by atoms with E-state index < -0.39 is 0 Å². The van der Waals surface area contributed by atoms with Crippen LogP contribution in [0.5, 0.6) is 0 Å². The number of carbonyl (C=O) groups excluding carboxylic acids is 1. The van der Waals surface area contributed by atoms with Gasteiger partial charge in [0.15, 0.2) is 12.0 Å². The first-order chi connectivity index (χ1) is 12.8. The SMILES string of the molecule is O=C(Nc1ccc2[nH]nc(-c3ccoc3)c2c1)c1ccc2ocnc2c1. The molecule has 0 unspecified atom stereocenters. The van der Waals surface area contributed by atoms with E-state index in [1.54, 1.807) is 30.7 Å². The number of furan rings is 1. The molecule has 5 rings (SSSR count). The summed E-state index contributed by atoms with van der Waals surface area (Å²) in [7, 11) is 0. The van der Waals surface area contributed by atoms with Crippen molar-refractivity contribution in [3.63, 3.8) is 0 Å². The van der Waals surface area contributed by atoms with Crippen LogP contribution in [0.3, 0.4) is 0 Å². The molecule has 3 aromatic heterocycles. The maximum Gasteiger partial charge on any atom is 0.255 e. The quantitative estimate of drug-likeness (QED) is 0.511. The van der Waals surface area contributed by atoms with E-state index in [-0.39, 0.29) is 5.91 Å². The number of anilines is 1. The van der Waals surface area contributed by atoms with Crippen molar-refractivity contribution in [1.82, 2.24) is 15.2 Å². The minimum atomic E-state index is -0.220. The fourth-order valence-electron chi connectivity index (χ4n) is 2.91. The topological polar surface area (TPSA) is 97.0 Å². The molecule has 126 valence electrons. The van der Waals surface area contributed by atoms with Crippen LogP contribution in [0.1, 0.15) is 10.4 Å². The summed E-state index contributed by atoms with van der Waals surface area (Å²) < 4.78 is 10.3. The van der Waals surface area contributed by atoms with Crippen molar-refractivity contribution in [2.75, 3.05) is 5.32 Å². The average Bonchev–Trinajstić information content (AvgIpc) is 3.40. The van der Waals surface area contributed by atoms with Crippen molar-refractivity contribution in [3.8, 4) is 11.3 Å². The number of oxazole rings is 1. The highest BCUT2D eigenvalue weighted by Gasteiger charge is 2.12. The lowest BCUT2D eigenvalue weighted by molar-refractivity contribution is 0.102. The van der Waals surface area contributed by atoms with Gasteiger partial charge in [-0.05, 0) is 42.5 Å². The number of amides is 1. The number of hydrogen-bond acceptors (Lipinski definition) is 5. The molecule has 0 aliphatic heterocycles. The molecule has 0 radical (unpaired) electrons. The number of fused-ring (bicyclic) bond motifs is 2. The Hall–Kier alpha value is -3.87. The zero-order valence-corrected chi connectivity index (χ0v) is 13.4. The van der Waals surface area contributed by atoms with E-state index in [4.69, 9.17) is 8.83 Å². The summed E-state index contributed by atoms with van der Waals surface area (Å²) >= 11 is 0. The number of aromatic amines is 1. The highest BCUT2D eigenvalue weighted by Crippen LogP contribution is 2.29. The Morgan fingerprint density at radius 2 is 2.08 bits per heavy atom. The molecule has 0 aliphatic rings. The summed E-state index contributed by atoms with van der Waals surface area (Å²) in [6, 6.07) is 12.6. The minimum Gasteiger partial charge on any atom is -0.472 e. The van der Waals surface area contributed by atoms with E-state index in [0.29, 0.717) is 22.4 Å². The first-order valence-corrected chi connectivity index (χ1v) is 7.93. The fraction of sp³-hybridized carbons (Fsp3) is 0. The Labute approximate surface area is 146 Å². The molecule has 5 aromatic rings. The number of nitrogens with zero attached hydrogens (tertiary/aromatic N) is 2. The Kier molecular flexibility index (Phi) is 3.11. The number of H-pyrrole nitrogens is 1. The van der Waals surface area contributed by atoms with Crippen LogP contribution < -0.4 is 5.32 Å². The summed E-state index contributed by atoms with van der Waals surface area (Å²) in [5, 5.41) is 11.1. The van der Waals surface area contributed by atoms with Gasteiger partial charge >= 0.3 is 0 Å². The van der Waals surface area contributed by atoms with E-state index in [2.05, 4.69) is 20.5 Å². The fourth-order valence-corrected chi connectivity index (χ4v) is 2.91. The third kappa shape index (κ3) is 2.34. The highest BCUT2D eigenvalue weighted by molar-refractivity contribution is 6.07. The van der Waals surface area contributed by atoms with Crippen LogP contribution in [-0.4, -0.2) is 21.1 Å². The maximum atomic E-state index is 12.6. The van der Waals surface area contributed by atoms with Gasteiger partial charge in [-0.3, -0.25) is 9.89 Å². The molecular weight excluding hydrogens is 332 g/mol. The van der Waals surface area contributed by atoms with Gasteiger partial charge in [0, 0.05) is 22.2 Å². The van der Waals surface area contributed by atoms with E-state index in [0.717, 1.165) is 22.2 Å². The first-order valence-electron chi connectivity index (χ1n) is 7.93. The summed E-state index contributed by atoms with van der Waals surface area (Å²) in [4.78, 5) is 16.6. The third-order valence-corrected chi connectivity index (χ3v) is 4.21. The average molecular weight is 344 g/mol. The third-order valence-electron chi connectivity index (χ3n) is 4.21. The molecule has 2 aromatic carbocycles. The number of hydrogen-bond donors (Lipinski definition) is 2. The summed E-state index contributed by atoms with van der Waals surface area (Å²) in [6.07, 6.45) is 4.59. The number of aromatic nitrogens is 3. The minimum absolute atomic E-state index is 0.220. The van der Waals surface area contributed by atoms with Crippen molar-refractivity contribution in [1.29, 1.82) is 0 Å². The van der Waals surface area contributed by atoms with Crippen LogP contribution >= 0.6 is 0 Å². The molecule has 0 bridgehead atoms. The molecule has 0 saturated heterocycles. The normalized spacial score (nSPS) is 11.2. The van der Waals surface area contributed by atoms with Crippen LogP contribution in [0.2, 0.25) is 0 Å². The molecule has 26 heavy (non-hydrogen) atoms. The lowest BCUT2D eigenvalue weighted by atomic mass is 10.1. The lowest BCUT2D eigenvalue weighted by Crippen LogP contribution is -2.11. The van der Waals surface area contributed by atoms with Gasteiger partial charge in [-0.2, -0.15) is 5.10 Å².